The van der Waals surface area contributed by atoms with E-state index in [0.717, 1.165) is 0 Å². The Morgan fingerprint density at radius 2 is 1.84 bits per heavy atom. The Bertz CT molecular complexity index is 562. The first kappa shape index (κ1) is 20.9. The zero-order valence-corrected chi connectivity index (χ0v) is 15.0. The van der Waals surface area contributed by atoms with Crippen LogP contribution in [0, 0.1) is 5.92 Å². The lowest BCUT2D eigenvalue weighted by Gasteiger charge is -2.17. The van der Waals surface area contributed by atoms with Gasteiger partial charge in [-0.05, 0) is 13.0 Å². The first-order valence-electron chi connectivity index (χ1n) is 8.44. The van der Waals surface area contributed by atoms with Gasteiger partial charge in [-0.25, -0.2) is 0 Å². The van der Waals surface area contributed by atoms with Crippen LogP contribution in [0.4, 0.5) is 0 Å². The molecule has 7 heteroatoms. The van der Waals surface area contributed by atoms with Crippen molar-refractivity contribution in [2.24, 2.45) is 5.92 Å². The third-order valence-electron chi connectivity index (χ3n) is 3.69. The normalized spacial score (nSPS) is 13.3. The minimum absolute atomic E-state index is 0.00478. The van der Waals surface area contributed by atoms with Crippen LogP contribution in [0.3, 0.4) is 0 Å². The lowest BCUT2D eigenvalue weighted by atomic mass is 10.0. The molecule has 0 aliphatic heterocycles. The number of carboxylic acid groups (broad SMARTS) is 1. The van der Waals surface area contributed by atoms with Crippen LogP contribution in [0.2, 0.25) is 0 Å². The summed E-state index contributed by atoms with van der Waals surface area (Å²) in [7, 11) is 0. The fraction of sp³-hybridized carbons (Fsp3) is 0.556. The van der Waals surface area contributed by atoms with Gasteiger partial charge in [0.1, 0.15) is 18.5 Å². The molecule has 0 radical (unpaired) electrons. The van der Waals surface area contributed by atoms with Gasteiger partial charge in [0, 0.05) is 31.1 Å². The maximum absolute atomic E-state index is 11.4. The minimum atomic E-state index is -0.929. The monoisotopic (exact) mass is 352 g/mol. The van der Waals surface area contributed by atoms with E-state index in [4.69, 9.17) is 9.84 Å². The van der Waals surface area contributed by atoms with E-state index in [1.165, 1.54) is 0 Å². The summed E-state index contributed by atoms with van der Waals surface area (Å²) >= 11 is 0. The number of carbonyl (C=O) groups is 2. The SMILES string of the molecule is CC(C)C(=O)NCCNCC(O)COc1ccccc1C(C)C(=O)O. The van der Waals surface area contributed by atoms with Gasteiger partial charge in [-0.3, -0.25) is 9.59 Å². The summed E-state index contributed by atoms with van der Waals surface area (Å²) in [6.07, 6.45) is -0.742. The van der Waals surface area contributed by atoms with Gasteiger partial charge < -0.3 is 25.6 Å². The number of aliphatic hydroxyl groups is 1. The number of aliphatic carboxylic acids is 1. The van der Waals surface area contributed by atoms with Gasteiger partial charge in [-0.15, -0.1) is 0 Å². The Labute approximate surface area is 148 Å². The molecule has 25 heavy (non-hydrogen) atoms. The van der Waals surface area contributed by atoms with Crippen molar-refractivity contribution in [2.45, 2.75) is 32.8 Å². The van der Waals surface area contributed by atoms with Crippen molar-refractivity contribution in [2.75, 3.05) is 26.2 Å². The number of rotatable bonds is 11. The number of aliphatic hydroxyl groups excluding tert-OH is 1. The van der Waals surface area contributed by atoms with Crippen LogP contribution < -0.4 is 15.4 Å². The number of hydrogen-bond donors (Lipinski definition) is 4. The highest BCUT2D eigenvalue weighted by atomic mass is 16.5. The summed E-state index contributed by atoms with van der Waals surface area (Å²) in [6.45, 7) is 6.64. The minimum Gasteiger partial charge on any atom is -0.491 e. The summed E-state index contributed by atoms with van der Waals surface area (Å²) in [5.41, 5.74) is 0.576. The van der Waals surface area contributed by atoms with Gasteiger partial charge in [0.15, 0.2) is 0 Å². The van der Waals surface area contributed by atoms with Crippen LogP contribution in [-0.4, -0.2) is 54.4 Å². The molecule has 0 aromatic heterocycles. The van der Waals surface area contributed by atoms with E-state index in [0.29, 0.717) is 30.9 Å². The van der Waals surface area contributed by atoms with Crippen molar-refractivity contribution in [3.8, 4) is 5.75 Å². The molecule has 0 aliphatic carbocycles. The molecule has 7 nitrogen and oxygen atoms in total. The van der Waals surface area contributed by atoms with Crippen LogP contribution >= 0.6 is 0 Å². The maximum Gasteiger partial charge on any atom is 0.310 e. The molecular weight excluding hydrogens is 324 g/mol. The zero-order chi connectivity index (χ0) is 18.8. The van der Waals surface area contributed by atoms with E-state index in [1.54, 1.807) is 31.2 Å². The molecule has 2 atom stereocenters. The summed E-state index contributed by atoms with van der Waals surface area (Å²) in [6, 6.07) is 6.91. The summed E-state index contributed by atoms with van der Waals surface area (Å²) in [4.78, 5) is 22.5. The zero-order valence-electron chi connectivity index (χ0n) is 15.0. The second-order valence-corrected chi connectivity index (χ2v) is 6.21. The highest BCUT2D eigenvalue weighted by Gasteiger charge is 2.18. The van der Waals surface area contributed by atoms with E-state index in [9.17, 15) is 14.7 Å². The summed E-state index contributed by atoms with van der Waals surface area (Å²) in [5, 5.41) is 24.9. The topological polar surface area (TPSA) is 108 Å². The maximum atomic E-state index is 11.4. The number of benzene rings is 1. The molecule has 2 unspecified atom stereocenters. The van der Waals surface area contributed by atoms with E-state index in [-0.39, 0.29) is 18.4 Å². The largest absolute Gasteiger partial charge is 0.491 e. The molecule has 1 rings (SSSR count). The van der Waals surface area contributed by atoms with Gasteiger partial charge in [-0.1, -0.05) is 32.0 Å². The van der Waals surface area contributed by atoms with Gasteiger partial charge in [0.05, 0.1) is 5.92 Å². The Kier molecular flexibility index (Phi) is 8.94. The van der Waals surface area contributed by atoms with Gasteiger partial charge >= 0.3 is 5.97 Å². The molecule has 1 aromatic carbocycles. The average molecular weight is 352 g/mol. The number of nitrogens with one attached hydrogen (secondary N) is 2. The highest BCUT2D eigenvalue weighted by Crippen LogP contribution is 2.26. The Balaban J connectivity index is 2.34. The van der Waals surface area contributed by atoms with E-state index < -0.39 is 18.0 Å². The van der Waals surface area contributed by atoms with Crippen LogP contribution in [-0.2, 0) is 9.59 Å². The summed E-state index contributed by atoms with van der Waals surface area (Å²) in [5.74, 6) is -1.21. The van der Waals surface area contributed by atoms with E-state index in [2.05, 4.69) is 10.6 Å². The predicted molar refractivity (Wildman–Crippen MR) is 94.7 cm³/mol. The van der Waals surface area contributed by atoms with Crippen molar-refractivity contribution >= 4 is 11.9 Å². The average Bonchev–Trinajstić information content (AvgIpc) is 2.58. The summed E-state index contributed by atoms with van der Waals surface area (Å²) < 4.78 is 5.57. The van der Waals surface area contributed by atoms with Gasteiger partial charge in [-0.2, -0.15) is 0 Å². The smallest absolute Gasteiger partial charge is 0.310 e. The second-order valence-electron chi connectivity index (χ2n) is 6.21. The molecule has 0 saturated heterocycles. The molecule has 0 fully saturated rings. The molecule has 0 spiro atoms. The number of amides is 1. The highest BCUT2D eigenvalue weighted by molar-refractivity contribution is 5.77. The van der Waals surface area contributed by atoms with Crippen molar-refractivity contribution in [3.63, 3.8) is 0 Å². The van der Waals surface area contributed by atoms with Gasteiger partial charge in [0.2, 0.25) is 5.91 Å². The first-order chi connectivity index (χ1) is 11.8. The molecule has 1 amide bonds. The lowest BCUT2D eigenvalue weighted by molar-refractivity contribution is -0.138. The van der Waals surface area contributed by atoms with Crippen molar-refractivity contribution < 1.29 is 24.5 Å². The Morgan fingerprint density at radius 1 is 1.16 bits per heavy atom. The van der Waals surface area contributed by atoms with Crippen LogP contribution in [0.5, 0.6) is 5.75 Å². The number of carboxylic acids is 1. The third-order valence-corrected chi connectivity index (χ3v) is 3.69. The Hall–Kier alpha value is -2.12. The number of hydrogen-bond acceptors (Lipinski definition) is 5. The quantitative estimate of drug-likeness (QED) is 0.442. The second kappa shape index (κ2) is 10.7. The first-order valence-corrected chi connectivity index (χ1v) is 8.44. The van der Waals surface area contributed by atoms with Crippen LogP contribution in [0.25, 0.3) is 0 Å². The number of carbonyl (C=O) groups excluding carboxylic acids is 1. The molecule has 1 aromatic rings. The lowest BCUT2D eigenvalue weighted by Crippen LogP contribution is -2.38. The number of para-hydroxylation sites is 1. The van der Waals surface area contributed by atoms with Gasteiger partial charge in [0.25, 0.3) is 0 Å². The standard InChI is InChI=1S/C18H28N2O5/c1-12(2)17(22)20-9-8-19-10-14(21)11-25-16-7-5-4-6-15(16)13(3)18(23)24/h4-7,12-14,19,21H,8-11H2,1-3H3,(H,20,22)(H,23,24). The van der Waals surface area contributed by atoms with Crippen LogP contribution in [0.15, 0.2) is 24.3 Å². The molecule has 0 saturated carbocycles. The molecule has 4 N–H and O–H groups in total. The predicted octanol–water partition coefficient (Wildman–Crippen LogP) is 0.976. The van der Waals surface area contributed by atoms with E-state index in [1.807, 2.05) is 13.8 Å². The fourth-order valence-corrected chi connectivity index (χ4v) is 2.09. The van der Waals surface area contributed by atoms with Crippen molar-refractivity contribution in [1.29, 1.82) is 0 Å². The molecule has 0 aliphatic rings. The molecule has 140 valence electrons. The Morgan fingerprint density at radius 3 is 2.48 bits per heavy atom. The van der Waals surface area contributed by atoms with Crippen molar-refractivity contribution in [1.82, 2.24) is 10.6 Å². The fourth-order valence-electron chi connectivity index (χ4n) is 2.09. The van der Waals surface area contributed by atoms with Crippen molar-refractivity contribution in [3.05, 3.63) is 29.8 Å². The molecular formula is C18H28N2O5. The third kappa shape index (κ3) is 7.53. The van der Waals surface area contributed by atoms with E-state index >= 15 is 0 Å². The molecule has 0 bridgehead atoms. The molecule has 0 heterocycles. The van der Waals surface area contributed by atoms with Crippen LogP contribution in [0.1, 0.15) is 32.3 Å². The number of ether oxygens (including phenoxy) is 1.